The van der Waals surface area contributed by atoms with E-state index in [1.54, 1.807) is 0 Å². The van der Waals surface area contributed by atoms with Gasteiger partial charge >= 0.3 is 0 Å². The van der Waals surface area contributed by atoms with Crippen molar-refractivity contribution < 1.29 is 0 Å². The number of rotatable bonds is 5. The van der Waals surface area contributed by atoms with Crippen molar-refractivity contribution in [1.29, 1.82) is 5.26 Å². The Labute approximate surface area is 344 Å². The van der Waals surface area contributed by atoms with Crippen LogP contribution in [0, 0.1) is 52.5 Å². The second-order valence-corrected chi connectivity index (χ2v) is 16.1. The van der Waals surface area contributed by atoms with E-state index in [1.165, 1.54) is 33.4 Å². The van der Waals surface area contributed by atoms with E-state index < -0.39 is 0 Å². The van der Waals surface area contributed by atoms with Crippen LogP contribution in [0.15, 0.2) is 152 Å². The highest BCUT2D eigenvalue weighted by molar-refractivity contribution is 6.14. The summed E-state index contributed by atoms with van der Waals surface area (Å²) in [5.41, 5.74) is 19.2. The minimum absolute atomic E-state index is 0.532. The Morgan fingerprint density at radius 1 is 0.441 bits per heavy atom. The molecular weight excluding hydrogens is 717 g/mol. The molecule has 0 aliphatic heterocycles. The quantitative estimate of drug-likeness (QED) is 0.161. The summed E-state index contributed by atoms with van der Waals surface area (Å²) >= 11 is 0. The summed E-state index contributed by atoms with van der Waals surface area (Å²) in [5.74, 6) is 0. The van der Waals surface area contributed by atoms with E-state index in [0.717, 1.165) is 82.8 Å². The first-order valence-corrected chi connectivity index (χ1v) is 20.0. The van der Waals surface area contributed by atoms with Gasteiger partial charge in [-0.25, -0.2) is 4.85 Å². The minimum atomic E-state index is 0.532. The van der Waals surface area contributed by atoms with Crippen LogP contribution in [0.4, 0.5) is 5.69 Å². The van der Waals surface area contributed by atoms with Crippen molar-refractivity contribution in [3.63, 3.8) is 0 Å². The normalized spacial score (nSPS) is 11.4. The van der Waals surface area contributed by atoms with Crippen molar-refractivity contribution in [3.8, 4) is 50.8 Å². The van der Waals surface area contributed by atoms with Crippen LogP contribution in [0.1, 0.15) is 33.4 Å². The smallest absolute Gasteiger partial charge is 0.234 e. The molecule has 0 saturated heterocycles. The van der Waals surface area contributed by atoms with Gasteiger partial charge in [-0.3, -0.25) is 0 Å². The average Bonchev–Trinajstić information content (AvgIpc) is 3.74. The first-order valence-electron chi connectivity index (χ1n) is 20.0. The standard InChI is InChI=1S/C55H40N4/c1-33-21-34(2)25-41(24-33)39-15-18-51-47(30-39)45-11-7-9-13-49(45)58(51)53-20-17-44(43-28-37(5)23-38(29-43)32-56)55(54(53)57-6)59-50-14-10-8-12-46(50)48-31-40(16-19-52(48)59)42-26-35(3)22-36(4)27-42/h7-31H,1-5H3. The van der Waals surface area contributed by atoms with Gasteiger partial charge in [-0.05, 0) is 128 Å². The molecule has 0 radical (unpaired) electrons. The Bertz CT molecular complexity index is 3430. The zero-order valence-electron chi connectivity index (χ0n) is 33.7. The highest BCUT2D eigenvalue weighted by atomic mass is 15.1. The lowest BCUT2D eigenvalue weighted by Crippen LogP contribution is -2.03. The van der Waals surface area contributed by atoms with Gasteiger partial charge in [0.25, 0.3) is 0 Å². The molecule has 4 heteroatoms. The van der Waals surface area contributed by atoms with Crippen molar-refractivity contribution in [3.05, 3.63) is 196 Å². The van der Waals surface area contributed by atoms with E-state index in [2.05, 4.69) is 187 Å². The first-order chi connectivity index (χ1) is 28.7. The first kappa shape index (κ1) is 35.7. The molecule has 0 fully saturated rings. The van der Waals surface area contributed by atoms with Crippen LogP contribution in [0.2, 0.25) is 0 Å². The van der Waals surface area contributed by atoms with Crippen LogP contribution in [0.3, 0.4) is 0 Å². The van der Waals surface area contributed by atoms with E-state index in [9.17, 15) is 5.26 Å². The summed E-state index contributed by atoms with van der Waals surface area (Å²) < 4.78 is 4.54. The zero-order valence-corrected chi connectivity index (χ0v) is 33.7. The Kier molecular flexibility index (Phi) is 8.34. The molecule has 59 heavy (non-hydrogen) atoms. The van der Waals surface area contributed by atoms with E-state index in [0.29, 0.717) is 11.3 Å². The lowest BCUT2D eigenvalue weighted by Gasteiger charge is -2.20. The number of hydrogen-bond acceptors (Lipinski definition) is 1. The van der Waals surface area contributed by atoms with Crippen LogP contribution in [0.25, 0.3) is 93.2 Å². The summed E-state index contributed by atoms with van der Waals surface area (Å²) in [6.07, 6.45) is 0. The highest BCUT2D eigenvalue weighted by Gasteiger charge is 2.25. The molecule has 0 saturated carbocycles. The topological polar surface area (TPSA) is 38.0 Å². The van der Waals surface area contributed by atoms with Gasteiger partial charge in [0.2, 0.25) is 5.69 Å². The molecule has 2 aromatic heterocycles. The summed E-state index contributed by atoms with van der Waals surface area (Å²) in [6, 6.07) is 56.4. The van der Waals surface area contributed by atoms with E-state index in [4.69, 9.17) is 6.57 Å². The molecule has 8 aromatic carbocycles. The second kappa shape index (κ2) is 13.8. The van der Waals surface area contributed by atoms with Crippen molar-refractivity contribution in [2.75, 3.05) is 0 Å². The number of aryl methyl sites for hydroxylation is 5. The van der Waals surface area contributed by atoms with Crippen LogP contribution in [0.5, 0.6) is 0 Å². The number of benzene rings is 8. The van der Waals surface area contributed by atoms with Crippen LogP contribution in [-0.2, 0) is 0 Å². The Balaban J connectivity index is 1.30. The molecular formula is C55H40N4. The maximum atomic E-state index is 10.1. The molecule has 0 unspecified atom stereocenters. The third-order valence-corrected chi connectivity index (χ3v) is 11.7. The SMILES string of the molecule is [C-]#[N+]c1c(-n2c3ccccc3c3cc(-c4cc(C)cc(C)c4)ccc32)ccc(-c2cc(C)cc(C#N)c2)c1-n1c2ccccc2c2cc(-c3cc(C)cc(C)c3)ccc21. The number of aromatic nitrogens is 2. The maximum Gasteiger partial charge on any atom is 0.234 e. The van der Waals surface area contributed by atoms with Crippen molar-refractivity contribution in [2.45, 2.75) is 34.6 Å². The number of para-hydroxylation sites is 2. The van der Waals surface area contributed by atoms with Gasteiger partial charge in [0.05, 0.1) is 51.6 Å². The predicted octanol–water partition coefficient (Wildman–Crippen LogP) is 14.8. The molecule has 2 heterocycles. The molecule has 10 aromatic rings. The van der Waals surface area contributed by atoms with Gasteiger partial charge in [-0.15, -0.1) is 0 Å². The molecule has 0 N–H and O–H groups in total. The molecule has 0 aliphatic rings. The number of hydrogen-bond donors (Lipinski definition) is 0. The fourth-order valence-corrected chi connectivity index (χ4v) is 9.41. The lowest BCUT2D eigenvalue weighted by molar-refractivity contribution is 1.14. The van der Waals surface area contributed by atoms with Gasteiger partial charge in [-0.1, -0.05) is 119 Å². The monoisotopic (exact) mass is 756 g/mol. The third-order valence-electron chi connectivity index (χ3n) is 11.7. The lowest BCUT2D eigenvalue weighted by atomic mass is 9.97. The number of nitrogens with zero attached hydrogens (tertiary/aromatic N) is 4. The molecule has 10 rings (SSSR count). The van der Waals surface area contributed by atoms with Crippen LogP contribution in [-0.4, -0.2) is 9.13 Å². The molecule has 4 nitrogen and oxygen atoms in total. The minimum Gasteiger partial charge on any atom is -0.319 e. The van der Waals surface area contributed by atoms with E-state index in [1.807, 2.05) is 19.1 Å². The van der Waals surface area contributed by atoms with Gasteiger partial charge < -0.3 is 9.13 Å². The highest BCUT2D eigenvalue weighted by Crippen LogP contribution is 2.47. The molecule has 0 spiro atoms. The number of fused-ring (bicyclic) bond motifs is 6. The van der Waals surface area contributed by atoms with Crippen molar-refractivity contribution in [2.24, 2.45) is 0 Å². The zero-order chi connectivity index (χ0) is 40.5. The number of nitriles is 1. The molecule has 0 aliphatic carbocycles. The van der Waals surface area contributed by atoms with Crippen LogP contribution < -0.4 is 0 Å². The van der Waals surface area contributed by atoms with Crippen molar-refractivity contribution >= 4 is 49.3 Å². The van der Waals surface area contributed by atoms with Gasteiger partial charge in [-0.2, -0.15) is 5.26 Å². The average molecular weight is 757 g/mol. The van der Waals surface area contributed by atoms with E-state index in [-0.39, 0.29) is 0 Å². The summed E-state index contributed by atoms with van der Waals surface area (Å²) in [7, 11) is 0. The third kappa shape index (κ3) is 5.89. The summed E-state index contributed by atoms with van der Waals surface area (Å²) in [5, 5.41) is 14.6. The van der Waals surface area contributed by atoms with Crippen molar-refractivity contribution in [1.82, 2.24) is 9.13 Å². The Morgan fingerprint density at radius 3 is 1.46 bits per heavy atom. The fourth-order valence-electron chi connectivity index (χ4n) is 9.41. The Hall–Kier alpha value is -7.66. The Morgan fingerprint density at radius 2 is 0.915 bits per heavy atom. The van der Waals surface area contributed by atoms with E-state index >= 15 is 0 Å². The maximum absolute atomic E-state index is 10.1. The molecule has 0 bridgehead atoms. The summed E-state index contributed by atoms with van der Waals surface area (Å²) in [4.78, 5) is 4.47. The molecule has 0 amide bonds. The summed E-state index contributed by atoms with van der Waals surface area (Å²) in [6.45, 7) is 19.7. The van der Waals surface area contributed by atoms with Gasteiger partial charge in [0.15, 0.2) is 0 Å². The van der Waals surface area contributed by atoms with Gasteiger partial charge in [0, 0.05) is 21.5 Å². The largest absolute Gasteiger partial charge is 0.319 e. The predicted molar refractivity (Wildman–Crippen MR) is 246 cm³/mol. The molecule has 0 atom stereocenters. The fraction of sp³-hybridized carbons (Fsp3) is 0.0909. The van der Waals surface area contributed by atoms with Crippen LogP contribution >= 0.6 is 0 Å². The second-order valence-electron chi connectivity index (χ2n) is 16.1. The molecule has 280 valence electrons. The van der Waals surface area contributed by atoms with Gasteiger partial charge in [0.1, 0.15) is 0 Å².